The molecule has 9 heteroatoms. The predicted molar refractivity (Wildman–Crippen MR) is 113 cm³/mol. The number of carbonyl (C=O) groups is 1. The molecule has 2 N–H and O–H groups in total. The summed E-state index contributed by atoms with van der Waals surface area (Å²) in [6, 6.07) is 17.5. The molecule has 0 bridgehead atoms. The average molecular weight is 430 g/mol. The van der Waals surface area contributed by atoms with E-state index in [1.165, 1.54) is 0 Å². The molecule has 0 aliphatic carbocycles. The molecule has 3 heterocycles. The van der Waals surface area contributed by atoms with Crippen molar-refractivity contribution < 1.29 is 24.1 Å². The number of likely N-dealkylation sites (tertiary alicyclic amines) is 1. The van der Waals surface area contributed by atoms with E-state index >= 15 is 0 Å². The standard InChI is InChI=1S/C23H18N4O5/c28-23(29)15-11-27(12-15)10-14-5-7-18(17-4-2-1-3-16(14)17)21-24-22(32-25-21)13-6-8-19-20(9-13)31-26-30-19/h1-9,15,26H,10-12H2,(H,28,29). The van der Waals surface area contributed by atoms with Crippen molar-refractivity contribution in [2.45, 2.75) is 6.54 Å². The summed E-state index contributed by atoms with van der Waals surface area (Å²) in [6.45, 7) is 1.85. The third-order valence-electron chi connectivity index (χ3n) is 5.88. The summed E-state index contributed by atoms with van der Waals surface area (Å²) in [7, 11) is 0. The zero-order valence-electron chi connectivity index (χ0n) is 16.8. The smallest absolute Gasteiger partial charge is 0.309 e. The lowest BCUT2D eigenvalue weighted by molar-refractivity contribution is -0.147. The third kappa shape index (κ3) is 3.15. The summed E-state index contributed by atoms with van der Waals surface area (Å²) < 4.78 is 5.53. The Hall–Kier alpha value is -3.95. The van der Waals surface area contributed by atoms with Crippen molar-refractivity contribution in [2.75, 3.05) is 13.1 Å². The first kappa shape index (κ1) is 18.8. The summed E-state index contributed by atoms with van der Waals surface area (Å²) in [4.78, 5) is 28.1. The Balaban J connectivity index is 1.31. The highest BCUT2D eigenvalue weighted by Crippen LogP contribution is 2.36. The molecule has 32 heavy (non-hydrogen) atoms. The van der Waals surface area contributed by atoms with E-state index in [9.17, 15) is 4.79 Å². The van der Waals surface area contributed by atoms with Gasteiger partial charge in [0.25, 0.3) is 5.89 Å². The molecule has 0 unspecified atom stereocenters. The fraction of sp³-hybridized carbons (Fsp3) is 0.174. The number of nitrogens with zero attached hydrogens (tertiary/aromatic N) is 3. The lowest BCUT2D eigenvalue weighted by atomic mass is 9.95. The third-order valence-corrected chi connectivity index (χ3v) is 5.88. The van der Waals surface area contributed by atoms with E-state index in [0.717, 1.165) is 27.5 Å². The Bertz CT molecular complexity index is 1350. The molecule has 9 nitrogen and oxygen atoms in total. The number of hydrogen-bond donors (Lipinski definition) is 2. The first-order valence-corrected chi connectivity index (χ1v) is 10.2. The highest BCUT2D eigenvalue weighted by molar-refractivity contribution is 5.97. The van der Waals surface area contributed by atoms with Crippen molar-refractivity contribution in [1.82, 2.24) is 20.7 Å². The number of aliphatic carboxylic acids is 1. The first-order chi connectivity index (χ1) is 15.7. The summed E-state index contributed by atoms with van der Waals surface area (Å²) >= 11 is 0. The molecule has 0 atom stereocenters. The average Bonchev–Trinajstić information content (AvgIpc) is 3.44. The Morgan fingerprint density at radius 2 is 1.88 bits per heavy atom. The van der Waals surface area contributed by atoms with E-state index in [0.29, 0.717) is 42.8 Å². The highest BCUT2D eigenvalue weighted by atomic mass is 16.9. The lowest BCUT2D eigenvalue weighted by Gasteiger charge is -2.36. The fourth-order valence-electron chi connectivity index (χ4n) is 4.16. The van der Waals surface area contributed by atoms with Crippen LogP contribution in [-0.4, -0.2) is 39.2 Å². The van der Waals surface area contributed by atoms with Crippen LogP contribution in [0.3, 0.4) is 0 Å². The number of carboxylic acids is 1. The van der Waals surface area contributed by atoms with Gasteiger partial charge in [0.05, 0.1) is 5.92 Å². The van der Waals surface area contributed by atoms with E-state index in [-0.39, 0.29) is 5.92 Å². The number of rotatable bonds is 5. The predicted octanol–water partition coefficient (Wildman–Crippen LogP) is 3.26. The molecule has 4 aromatic rings. The minimum atomic E-state index is -0.729. The fourth-order valence-corrected chi connectivity index (χ4v) is 4.16. The van der Waals surface area contributed by atoms with Crippen molar-refractivity contribution >= 4 is 16.7 Å². The minimum absolute atomic E-state index is 0.273. The molecule has 2 aliphatic heterocycles. The van der Waals surface area contributed by atoms with Crippen molar-refractivity contribution in [3.05, 3.63) is 60.2 Å². The maximum atomic E-state index is 11.1. The van der Waals surface area contributed by atoms with Gasteiger partial charge in [-0.3, -0.25) is 9.69 Å². The quantitative estimate of drug-likeness (QED) is 0.493. The number of aromatic nitrogens is 2. The topological polar surface area (TPSA) is 110 Å². The molecule has 160 valence electrons. The van der Waals surface area contributed by atoms with Gasteiger partial charge in [-0.1, -0.05) is 41.6 Å². The van der Waals surface area contributed by atoms with E-state index in [1.807, 2.05) is 36.4 Å². The van der Waals surface area contributed by atoms with Crippen LogP contribution >= 0.6 is 0 Å². The van der Waals surface area contributed by atoms with Crippen LogP contribution in [0.1, 0.15) is 5.56 Å². The van der Waals surface area contributed by atoms with Crippen LogP contribution in [0.2, 0.25) is 0 Å². The zero-order chi connectivity index (χ0) is 21.7. The Morgan fingerprint density at radius 1 is 1.06 bits per heavy atom. The molecule has 0 spiro atoms. The summed E-state index contributed by atoms with van der Waals surface area (Å²) in [6.07, 6.45) is 0. The van der Waals surface area contributed by atoms with Crippen molar-refractivity contribution in [3.63, 3.8) is 0 Å². The molecule has 1 fully saturated rings. The van der Waals surface area contributed by atoms with Crippen molar-refractivity contribution in [3.8, 4) is 34.3 Å². The van der Waals surface area contributed by atoms with Gasteiger partial charge in [-0.2, -0.15) is 4.98 Å². The van der Waals surface area contributed by atoms with E-state index in [2.05, 4.69) is 26.8 Å². The van der Waals surface area contributed by atoms with Gasteiger partial charge in [0, 0.05) is 36.4 Å². The Kier molecular flexibility index (Phi) is 4.30. The molecule has 1 saturated heterocycles. The SMILES string of the molecule is O=C(O)C1CN(Cc2ccc(-c3noc(-c4ccc5c(c4)ONO5)n3)c3ccccc23)C1. The molecule has 1 aromatic heterocycles. The summed E-state index contributed by atoms with van der Waals surface area (Å²) in [5, 5.41) is 15.4. The van der Waals surface area contributed by atoms with E-state index < -0.39 is 5.97 Å². The van der Waals surface area contributed by atoms with Gasteiger partial charge in [0.1, 0.15) is 0 Å². The van der Waals surface area contributed by atoms with Crippen LogP contribution in [0.4, 0.5) is 0 Å². The van der Waals surface area contributed by atoms with Crippen LogP contribution < -0.4 is 15.3 Å². The Labute approximate surface area is 182 Å². The second-order valence-corrected chi connectivity index (χ2v) is 7.92. The van der Waals surface area contributed by atoms with Gasteiger partial charge >= 0.3 is 5.97 Å². The number of carboxylic acid groups (broad SMARTS) is 1. The van der Waals surface area contributed by atoms with Crippen LogP contribution in [0.5, 0.6) is 11.5 Å². The number of fused-ring (bicyclic) bond motifs is 2. The molecular formula is C23H18N4O5. The molecule has 3 aromatic carbocycles. The van der Waals surface area contributed by atoms with Crippen LogP contribution in [-0.2, 0) is 11.3 Å². The molecule has 0 saturated carbocycles. The maximum absolute atomic E-state index is 11.1. The number of benzene rings is 3. The summed E-state index contributed by atoms with van der Waals surface area (Å²) in [5.74, 6) is 1.01. The molecule has 6 rings (SSSR count). The lowest BCUT2D eigenvalue weighted by Crippen LogP contribution is -2.49. The minimum Gasteiger partial charge on any atom is -0.481 e. The van der Waals surface area contributed by atoms with Crippen LogP contribution in [0.15, 0.2) is 59.1 Å². The second kappa shape index (κ2) is 7.33. The Morgan fingerprint density at radius 3 is 2.72 bits per heavy atom. The highest BCUT2D eigenvalue weighted by Gasteiger charge is 2.32. The summed E-state index contributed by atoms with van der Waals surface area (Å²) in [5.41, 5.74) is 5.09. The van der Waals surface area contributed by atoms with Crippen molar-refractivity contribution in [1.29, 1.82) is 0 Å². The zero-order valence-corrected chi connectivity index (χ0v) is 16.8. The van der Waals surface area contributed by atoms with Gasteiger partial charge in [-0.25, -0.2) is 0 Å². The van der Waals surface area contributed by atoms with Gasteiger partial charge in [0.2, 0.25) is 5.82 Å². The van der Waals surface area contributed by atoms with E-state index in [4.69, 9.17) is 19.3 Å². The molecule has 0 amide bonds. The maximum Gasteiger partial charge on any atom is 0.309 e. The second-order valence-electron chi connectivity index (χ2n) is 7.92. The van der Waals surface area contributed by atoms with Gasteiger partial charge in [0.15, 0.2) is 11.5 Å². The van der Waals surface area contributed by atoms with Gasteiger partial charge < -0.3 is 19.3 Å². The molecule has 0 radical (unpaired) electrons. The number of nitrogens with one attached hydrogen (secondary N) is 1. The normalized spacial score (nSPS) is 15.8. The van der Waals surface area contributed by atoms with Crippen LogP contribution in [0.25, 0.3) is 33.6 Å². The van der Waals surface area contributed by atoms with Crippen molar-refractivity contribution in [2.24, 2.45) is 5.92 Å². The monoisotopic (exact) mass is 430 g/mol. The van der Waals surface area contributed by atoms with Gasteiger partial charge in [-0.05, 0) is 34.5 Å². The van der Waals surface area contributed by atoms with Crippen LogP contribution in [0, 0.1) is 5.92 Å². The van der Waals surface area contributed by atoms with E-state index in [1.54, 1.807) is 12.1 Å². The largest absolute Gasteiger partial charge is 0.481 e. The van der Waals surface area contributed by atoms with Gasteiger partial charge in [-0.15, -0.1) is 0 Å². The number of hydrogen-bond acceptors (Lipinski definition) is 8. The first-order valence-electron chi connectivity index (χ1n) is 10.2. The molecule has 2 aliphatic rings. The molecular weight excluding hydrogens is 412 g/mol.